The van der Waals surface area contributed by atoms with Gasteiger partial charge in [0.1, 0.15) is 0 Å². The van der Waals surface area contributed by atoms with Crippen molar-refractivity contribution in [3.8, 4) is 0 Å². The number of nitrogens with zero attached hydrogens (tertiary/aromatic N) is 1. The lowest BCUT2D eigenvalue weighted by Crippen LogP contribution is -2.47. The number of non-ortho nitro benzene ring substituents is 1. The molecule has 0 saturated carbocycles. The molecule has 1 aromatic carbocycles. The Morgan fingerprint density at radius 2 is 2.09 bits per heavy atom. The Morgan fingerprint density at radius 1 is 1.36 bits per heavy atom. The zero-order chi connectivity index (χ0) is 16.5. The molecule has 0 spiro atoms. The normalized spacial score (nSPS) is 9.91. The topological polar surface area (TPSA) is 96.3 Å². The number of halogens is 1. The van der Waals surface area contributed by atoms with E-state index in [0.29, 0.717) is 6.54 Å². The van der Waals surface area contributed by atoms with Gasteiger partial charge in [-0.3, -0.25) is 25.8 Å². The molecule has 0 saturated heterocycles. The van der Waals surface area contributed by atoms with Gasteiger partial charge in [0, 0.05) is 18.7 Å². The van der Waals surface area contributed by atoms with Gasteiger partial charge in [0.05, 0.1) is 15.5 Å². The number of benzene rings is 1. The van der Waals surface area contributed by atoms with Gasteiger partial charge in [0.15, 0.2) is 5.11 Å². The maximum Gasteiger partial charge on any atom is 0.271 e. The van der Waals surface area contributed by atoms with Gasteiger partial charge in [-0.2, -0.15) is 0 Å². The summed E-state index contributed by atoms with van der Waals surface area (Å²) in [5.41, 5.74) is 4.66. The third-order valence-corrected chi connectivity index (χ3v) is 3.34. The van der Waals surface area contributed by atoms with E-state index in [1.54, 1.807) is 0 Å². The highest BCUT2D eigenvalue weighted by atomic mass is 35.5. The maximum absolute atomic E-state index is 12.0. The third-order valence-electron chi connectivity index (χ3n) is 2.76. The zero-order valence-electron chi connectivity index (χ0n) is 12.0. The van der Waals surface area contributed by atoms with Crippen molar-refractivity contribution in [2.45, 2.75) is 26.2 Å². The summed E-state index contributed by atoms with van der Waals surface area (Å²) in [5.74, 6) is -0.605. The number of hydrogen-bond donors (Lipinski definition) is 3. The molecule has 1 rings (SSSR count). The summed E-state index contributed by atoms with van der Waals surface area (Å²) >= 11 is 10.9. The van der Waals surface area contributed by atoms with E-state index >= 15 is 0 Å². The summed E-state index contributed by atoms with van der Waals surface area (Å²) in [5, 5.41) is 14.0. The number of hydrogen-bond acceptors (Lipinski definition) is 4. The first-order valence-corrected chi connectivity index (χ1v) is 7.52. The fraction of sp³-hybridized carbons (Fsp3) is 0.385. The second kappa shape index (κ2) is 9.16. The number of unbranched alkanes of at least 4 members (excludes halogenated alkanes) is 2. The third kappa shape index (κ3) is 5.82. The Labute approximate surface area is 138 Å². The zero-order valence-corrected chi connectivity index (χ0v) is 13.6. The smallest absolute Gasteiger partial charge is 0.271 e. The van der Waals surface area contributed by atoms with Gasteiger partial charge in [-0.25, -0.2) is 0 Å². The van der Waals surface area contributed by atoms with Crippen LogP contribution in [0.5, 0.6) is 0 Å². The number of thiocarbonyl (C=S) groups is 1. The van der Waals surface area contributed by atoms with E-state index in [-0.39, 0.29) is 21.4 Å². The highest BCUT2D eigenvalue weighted by Gasteiger charge is 2.15. The van der Waals surface area contributed by atoms with E-state index in [4.69, 9.17) is 23.8 Å². The van der Waals surface area contributed by atoms with Crippen molar-refractivity contribution < 1.29 is 9.72 Å². The molecular weight excluding hydrogens is 328 g/mol. The maximum atomic E-state index is 12.0. The van der Waals surface area contributed by atoms with Gasteiger partial charge in [-0.15, -0.1) is 0 Å². The number of nitrogens with one attached hydrogen (secondary N) is 3. The molecule has 0 atom stereocenters. The molecule has 120 valence electrons. The monoisotopic (exact) mass is 344 g/mol. The molecule has 9 heteroatoms. The summed E-state index contributed by atoms with van der Waals surface area (Å²) in [6.07, 6.45) is 3.16. The standard InChI is InChI=1S/C13H17ClN4O3S/c1-2-3-4-7-15-13(22)17-16-12(19)10-8-9(18(20)21)5-6-11(10)14/h5-6,8H,2-4,7H2,1H3,(H,16,19)(H2,15,17,22). The summed E-state index contributed by atoms with van der Waals surface area (Å²) in [4.78, 5) is 22.1. The Morgan fingerprint density at radius 3 is 2.73 bits per heavy atom. The summed E-state index contributed by atoms with van der Waals surface area (Å²) in [7, 11) is 0. The fourth-order valence-corrected chi connectivity index (χ4v) is 1.96. The fourth-order valence-electron chi connectivity index (χ4n) is 1.60. The van der Waals surface area contributed by atoms with E-state index in [2.05, 4.69) is 23.1 Å². The van der Waals surface area contributed by atoms with Crippen molar-refractivity contribution in [2.75, 3.05) is 6.54 Å². The average molecular weight is 345 g/mol. The molecule has 0 aliphatic rings. The molecule has 0 aliphatic heterocycles. The number of carbonyl (C=O) groups excluding carboxylic acids is 1. The minimum Gasteiger partial charge on any atom is -0.361 e. The molecular formula is C13H17ClN4O3S. The van der Waals surface area contributed by atoms with E-state index in [1.165, 1.54) is 12.1 Å². The Balaban J connectivity index is 2.53. The molecule has 0 bridgehead atoms. The predicted molar refractivity (Wildman–Crippen MR) is 88.8 cm³/mol. The van der Waals surface area contributed by atoms with E-state index in [1.807, 2.05) is 0 Å². The molecule has 7 nitrogen and oxygen atoms in total. The summed E-state index contributed by atoms with van der Waals surface area (Å²) in [6, 6.07) is 3.64. The van der Waals surface area contributed by atoms with Gasteiger partial charge in [0.25, 0.3) is 11.6 Å². The largest absolute Gasteiger partial charge is 0.361 e. The van der Waals surface area contributed by atoms with Crippen LogP contribution in [0.4, 0.5) is 5.69 Å². The first-order chi connectivity index (χ1) is 10.5. The minimum atomic E-state index is -0.605. The van der Waals surface area contributed by atoms with Crippen LogP contribution < -0.4 is 16.2 Å². The van der Waals surface area contributed by atoms with Crippen LogP contribution in [-0.4, -0.2) is 22.5 Å². The Hall–Kier alpha value is -1.93. The van der Waals surface area contributed by atoms with E-state index in [9.17, 15) is 14.9 Å². The van der Waals surface area contributed by atoms with Crippen LogP contribution >= 0.6 is 23.8 Å². The predicted octanol–water partition coefficient (Wildman–Crippen LogP) is 2.55. The second-order valence-electron chi connectivity index (χ2n) is 4.46. The molecule has 0 heterocycles. The minimum absolute atomic E-state index is 0.00264. The Kier molecular flexibility index (Phi) is 7.55. The lowest BCUT2D eigenvalue weighted by Gasteiger charge is -2.11. The van der Waals surface area contributed by atoms with Crippen molar-refractivity contribution in [3.63, 3.8) is 0 Å². The molecule has 0 aromatic heterocycles. The van der Waals surface area contributed by atoms with Crippen LogP contribution in [-0.2, 0) is 0 Å². The van der Waals surface area contributed by atoms with Crippen LogP contribution in [0.25, 0.3) is 0 Å². The number of rotatable bonds is 6. The molecule has 0 radical (unpaired) electrons. The van der Waals surface area contributed by atoms with Crippen molar-refractivity contribution in [2.24, 2.45) is 0 Å². The number of carbonyl (C=O) groups is 1. The average Bonchev–Trinajstić information content (AvgIpc) is 2.49. The number of hydrazine groups is 1. The molecule has 1 aromatic rings. The highest BCUT2D eigenvalue weighted by molar-refractivity contribution is 7.80. The summed E-state index contributed by atoms with van der Waals surface area (Å²) < 4.78 is 0. The van der Waals surface area contributed by atoms with Gasteiger partial charge >= 0.3 is 0 Å². The molecule has 0 unspecified atom stereocenters. The SMILES string of the molecule is CCCCCNC(=S)NNC(=O)c1cc([N+](=O)[O-])ccc1Cl. The number of nitro benzene ring substituents is 1. The molecule has 3 N–H and O–H groups in total. The first-order valence-electron chi connectivity index (χ1n) is 6.73. The van der Waals surface area contributed by atoms with Crippen molar-refractivity contribution in [1.29, 1.82) is 0 Å². The van der Waals surface area contributed by atoms with Gasteiger partial charge in [-0.1, -0.05) is 31.4 Å². The Bertz CT molecular complexity index is 568. The summed E-state index contributed by atoms with van der Waals surface area (Å²) in [6.45, 7) is 2.80. The molecule has 1 amide bonds. The second-order valence-corrected chi connectivity index (χ2v) is 5.28. The lowest BCUT2D eigenvalue weighted by atomic mass is 10.2. The first kappa shape index (κ1) is 18.1. The van der Waals surface area contributed by atoms with Crippen LogP contribution in [0, 0.1) is 10.1 Å². The van der Waals surface area contributed by atoms with Crippen molar-refractivity contribution in [1.82, 2.24) is 16.2 Å². The van der Waals surface area contributed by atoms with Crippen molar-refractivity contribution in [3.05, 3.63) is 38.9 Å². The van der Waals surface area contributed by atoms with E-state index < -0.39 is 10.8 Å². The van der Waals surface area contributed by atoms with E-state index in [0.717, 1.165) is 25.3 Å². The van der Waals surface area contributed by atoms with Gasteiger partial charge < -0.3 is 5.32 Å². The quantitative estimate of drug-likeness (QED) is 0.317. The van der Waals surface area contributed by atoms with Crippen LogP contribution in [0.2, 0.25) is 5.02 Å². The number of nitro groups is 1. The van der Waals surface area contributed by atoms with Crippen LogP contribution in [0.3, 0.4) is 0 Å². The highest BCUT2D eigenvalue weighted by Crippen LogP contribution is 2.21. The van der Waals surface area contributed by atoms with Crippen molar-refractivity contribution >= 4 is 40.5 Å². The van der Waals surface area contributed by atoms with Crippen LogP contribution in [0.15, 0.2) is 18.2 Å². The van der Waals surface area contributed by atoms with Gasteiger partial charge in [0.2, 0.25) is 0 Å². The molecule has 0 fully saturated rings. The molecule has 22 heavy (non-hydrogen) atoms. The lowest BCUT2D eigenvalue weighted by molar-refractivity contribution is -0.384. The number of amides is 1. The van der Waals surface area contributed by atoms with Gasteiger partial charge in [-0.05, 0) is 24.7 Å². The van der Waals surface area contributed by atoms with Crippen LogP contribution in [0.1, 0.15) is 36.5 Å². The molecule has 0 aliphatic carbocycles.